The molecule has 1 rings (SSSR count). The first-order chi connectivity index (χ1) is 9.90. The lowest BCUT2D eigenvalue weighted by Crippen LogP contribution is -2.37. The molecule has 6 nitrogen and oxygen atoms in total. The van der Waals surface area contributed by atoms with E-state index in [2.05, 4.69) is 4.74 Å². The van der Waals surface area contributed by atoms with Gasteiger partial charge in [0.2, 0.25) is 5.91 Å². The number of rotatable bonds is 6. The van der Waals surface area contributed by atoms with Crippen molar-refractivity contribution in [1.29, 1.82) is 0 Å². The maximum absolute atomic E-state index is 11.9. The van der Waals surface area contributed by atoms with E-state index in [-0.39, 0.29) is 12.5 Å². The zero-order valence-corrected chi connectivity index (χ0v) is 13.0. The minimum absolute atomic E-state index is 0.0000977. The SMILES string of the molecule is CCCN(CC(=O)N(C)C)c1ccc(C(=O)OC)cc1N. The van der Waals surface area contributed by atoms with Crippen molar-refractivity contribution in [2.75, 3.05) is 44.9 Å². The van der Waals surface area contributed by atoms with E-state index in [1.807, 2.05) is 11.8 Å². The molecular weight excluding hydrogens is 270 g/mol. The van der Waals surface area contributed by atoms with Gasteiger partial charge in [-0.1, -0.05) is 6.92 Å². The number of nitrogens with two attached hydrogens (primary N) is 1. The van der Waals surface area contributed by atoms with E-state index in [9.17, 15) is 9.59 Å². The predicted molar refractivity (Wildman–Crippen MR) is 83.4 cm³/mol. The quantitative estimate of drug-likeness (QED) is 0.633. The molecule has 1 aromatic rings. The molecule has 0 fully saturated rings. The topological polar surface area (TPSA) is 75.9 Å². The summed E-state index contributed by atoms with van der Waals surface area (Å²) in [5.41, 5.74) is 7.63. The fourth-order valence-corrected chi connectivity index (χ4v) is 1.95. The van der Waals surface area contributed by atoms with Gasteiger partial charge in [-0.15, -0.1) is 0 Å². The fourth-order valence-electron chi connectivity index (χ4n) is 1.95. The Morgan fingerprint density at radius 2 is 1.95 bits per heavy atom. The van der Waals surface area contributed by atoms with Crippen LogP contribution in [0.2, 0.25) is 0 Å². The predicted octanol–water partition coefficient (Wildman–Crippen LogP) is 1.36. The standard InChI is InChI=1S/C15H23N3O3/c1-5-8-18(10-14(19)17(2)3)13-7-6-11(9-12(13)16)15(20)21-4/h6-7,9H,5,8,10,16H2,1-4H3. The Labute approximate surface area is 125 Å². The molecule has 0 radical (unpaired) electrons. The molecule has 21 heavy (non-hydrogen) atoms. The van der Waals surface area contributed by atoms with Crippen molar-refractivity contribution in [3.05, 3.63) is 23.8 Å². The number of esters is 1. The Balaban J connectivity index is 3.03. The highest BCUT2D eigenvalue weighted by atomic mass is 16.5. The molecule has 1 amide bonds. The molecule has 0 aromatic heterocycles. The van der Waals surface area contributed by atoms with Crippen molar-refractivity contribution in [3.8, 4) is 0 Å². The number of methoxy groups -OCH3 is 1. The molecule has 0 aliphatic carbocycles. The molecule has 0 spiro atoms. The summed E-state index contributed by atoms with van der Waals surface area (Å²) >= 11 is 0. The number of anilines is 2. The van der Waals surface area contributed by atoms with Crippen LogP contribution < -0.4 is 10.6 Å². The van der Waals surface area contributed by atoms with Crippen molar-refractivity contribution < 1.29 is 14.3 Å². The van der Waals surface area contributed by atoms with E-state index in [4.69, 9.17) is 5.73 Å². The number of nitrogens with zero attached hydrogens (tertiary/aromatic N) is 2. The Kier molecular flexibility index (Phi) is 6.02. The monoisotopic (exact) mass is 293 g/mol. The van der Waals surface area contributed by atoms with Crippen LogP contribution in [0.4, 0.5) is 11.4 Å². The van der Waals surface area contributed by atoms with Crippen molar-refractivity contribution in [2.45, 2.75) is 13.3 Å². The number of amides is 1. The molecule has 0 saturated heterocycles. The van der Waals surface area contributed by atoms with Crippen LogP contribution >= 0.6 is 0 Å². The van der Waals surface area contributed by atoms with Crippen LogP contribution in [0.1, 0.15) is 23.7 Å². The Morgan fingerprint density at radius 1 is 1.29 bits per heavy atom. The van der Waals surface area contributed by atoms with Crippen LogP contribution in [-0.4, -0.2) is 51.1 Å². The number of carbonyl (C=O) groups excluding carboxylic acids is 2. The number of likely N-dealkylation sites (N-methyl/N-ethyl adjacent to an activating group) is 1. The Hall–Kier alpha value is -2.24. The molecule has 0 aliphatic heterocycles. The number of nitrogen functional groups attached to an aromatic ring is 1. The van der Waals surface area contributed by atoms with E-state index in [1.54, 1.807) is 37.2 Å². The third kappa shape index (κ3) is 4.37. The molecule has 0 unspecified atom stereocenters. The minimum Gasteiger partial charge on any atom is -0.465 e. The molecule has 0 atom stereocenters. The van der Waals surface area contributed by atoms with Crippen LogP contribution in [0, 0.1) is 0 Å². The molecule has 0 aliphatic rings. The molecule has 0 bridgehead atoms. The van der Waals surface area contributed by atoms with Crippen LogP contribution in [-0.2, 0) is 9.53 Å². The van der Waals surface area contributed by atoms with Crippen molar-refractivity contribution in [1.82, 2.24) is 4.90 Å². The average molecular weight is 293 g/mol. The lowest BCUT2D eigenvalue weighted by molar-refractivity contribution is -0.127. The van der Waals surface area contributed by atoms with Gasteiger partial charge in [-0.05, 0) is 24.6 Å². The number of hydrogen-bond acceptors (Lipinski definition) is 5. The fraction of sp³-hybridized carbons (Fsp3) is 0.467. The summed E-state index contributed by atoms with van der Waals surface area (Å²) < 4.78 is 4.67. The molecule has 0 heterocycles. The van der Waals surface area contributed by atoms with Gasteiger partial charge in [0.15, 0.2) is 0 Å². The first kappa shape index (κ1) is 16.8. The maximum Gasteiger partial charge on any atom is 0.337 e. The minimum atomic E-state index is -0.431. The van der Waals surface area contributed by atoms with Gasteiger partial charge in [-0.25, -0.2) is 4.79 Å². The number of carbonyl (C=O) groups is 2. The summed E-state index contributed by atoms with van der Waals surface area (Å²) in [6.07, 6.45) is 0.888. The molecule has 0 saturated carbocycles. The van der Waals surface area contributed by atoms with Crippen molar-refractivity contribution >= 4 is 23.3 Å². The molecule has 1 aromatic carbocycles. The van der Waals surface area contributed by atoms with Crippen LogP contribution in [0.3, 0.4) is 0 Å². The van der Waals surface area contributed by atoms with Crippen LogP contribution in [0.25, 0.3) is 0 Å². The number of benzene rings is 1. The third-order valence-corrected chi connectivity index (χ3v) is 3.11. The van der Waals surface area contributed by atoms with Gasteiger partial charge in [0.1, 0.15) is 0 Å². The van der Waals surface area contributed by atoms with Gasteiger partial charge >= 0.3 is 5.97 Å². The highest BCUT2D eigenvalue weighted by Crippen LogP contribution is 2.25. The Morgan fingerprint density at radius 3 is 2.43 bits per heavy atom. The summed E-state index contributed by atoms with van der Waals surface area (Å²) in [4.78, 5) is 26.8. The zero-order valence-electron chi connectivity index (χ0n) is 13.0. The highest BCUT2D eigenvalue weighted by molar-refractivity contribution is 5.92. The summed E-state index contributed by atoms with van der Waals surface area (Å²) in [7, 11) is 4.76. The smallest absolute Gasteiger partial charge is 0.337 e. The van der Waals surface area contributed by atoms with E-state index < -0.39 is 5.97 Å². The zero-order chi connectivity index (χ0) is 16.0. The largest absolute Gasteiger partial charge is 0.465 e. The van der Waals surface area contributed by atoms with E-state index in [0.29, 0.717) is 17.8 Å². The van der Waals surface area contributed by atoms with Gasteiger partial charge in [0.25, 0.3) is 0 Å². The van der Waals surface area contributed by atoms with E-state index in [1.165, 1.54) is 7.11 Å². The van der Waals surface area contributed by atoms with Crippen LogP contribution in [0.5, 0.6) is 0 Å². The van der Waals surface area contributed by atoms with Gasteiger partial charge in [-0.2, -0.15) is 0 Å². The lowest BCUT2D eigenvalue weighted by atomic mass is 10.1. The second-order valence-corrected chi connectivity index (χ2v) is 4.97. The summed E-state index contributed by atoms with van der Waals surface area (Å²) in [5, 5.41) is 0. The van der Waals surface area contributed by atoms with Gasteiger partial charge in [-0.3, -0.25) is 4.79 Å². The molecular formula is C15H23N3O3. The summed E-state index contributed by atoms with van der Waals surface area (Å²) in [6.45, 7) is 3.00. The average Bonchev–Trinajstić information content (AvgIpc) is 2.45. The normalized spacial score (nSPS) is 10.1. The summed E-state index contributed by atoms with van der Waals surface area (Å²) in [6, 6.07) is 4.98. The second-order valence-electron chi connectivity index (χ2n) is 4.97. The first-order valence-electron chi connectivity index (χ1n) is 6.83. The van der Waals surface area contributed by atoms with Crippen molar-refractivity contribution in [2.24, 2.45) is 0 Å². The Bertz CT molecular complexity index is 515. The number of ether oxygens (including phenoxy) is 1. The second kappa shape index (κ2) is 7.52. The van der Waals surface area contributed by atoms with Gasteiger partial charge in [0.05, 0.1) is 30.6 Å². The molecule has 2 N–H and O–H groups in total. The van der Waals surface area contributed by atoms with E-state index in [0.717, 1.165) is 12.1 Å². The first-order valence-corrected chi connectivity index (χ1v) is 6.83. The van der Waals surface area contributed by atoms with Crippen LogP contribution in [0.15, 0.2) is 18.2 Å². The molecule has 116 valence electrons. The summed E-state index contributed by atoms with van der Waals surface area (Å²) in [5.74, 6) is -0.431. The van der Waals surface area contributed by atoms with Crippen molar-refractivity contribution in [3.63, 3.8) is 0 Å². The lowest BCUT2D eigenvalue weighted by Gasteiger charge is -2.26. The number of hydrogen-bond donors (Lipinski definition) is 1. The molecule has 6 heteroatoms. The maximum atomic E-state index is 11.9. The van der Waals surface area contributed by atoms with Gasteiger partial charge < -0.3 is 20.3 Å². The van der Waals surface area contributed by atoms with Gasteiger partial charge in [0, 0.05) is 20.6 Å². The van der Waals surface area contributed by atoms with E-state index >= 15 is 0 Å². The third-order valence-electron chi connectivity index (χ3n) is 3.11. The highest BCUT2D eigenvalue weighted by Gasteiger charge is 2.16.